The zero-order chi connectivity index (χ0) is 20.4. The van der Waals surface area contributed by atoms with Gasteiger partial charge < -0.3 is 24.4 Å². The van der Waals surface area contributed by atoms with Crippen LogP contribution < -0.4 is 9.47 Å². The lowest BCUT2D eigenvalue weighted by Crippen LogP contribution is -2.20. The van der Waals surface area contributed by atoms with E-state index in [0.29, 0.717) is 25.6 Å². The number of rotatable bonds is 12. The summed E-state index contributed by atoms with van der Waals surface area (Å²) in [6.07, 6.45) is -0.667. The Kier molecular flexibility index (Phi) is 9.06. The molecule has 28 heavy (non-hydrogen) atoms. The first-order valence-electron chi connectivity index (χ1n) is 9.36. The van der Waals surface area contributed by atoms with E-state index in [1.54, 1.807) is 0 Å². The Balaban J connectivity index is 1.95. The van der Waals surface area contributed by atoms with E-state index in [-0.39, 0.29) is 24.5 Å². The Hall–Kier alpha value is -1.79. The fourth-order valence-electron chi connectivity index (χ4n) is 2.72. The summed E-state index contributed by atoms with van der Waals surface area (Å²) in [5, 5.41) is 18.2. The number of hydrogen-bond donors (Lipinski definition) is 2. The van der Waals surface area contributed by atoms with E-state index in [1.807, 2.05) is 36.4 Å². The molecule has 2 N–H and O–H groups in total. The Morgan fingerprint density at radius 3 is 1.89 bits per heavy atom. The summed E-state index contributed by atoms with van der Waals surface area (Å²) in [5.74, 6) is 1.64. The van der Waals surface area contributed by atoms with Crippen LogP contribution >= 0.6 is 11.6 Å². The predicted octanol–water partition coefficient (Wildman–Crippen LogP) is 3.38. The van der Waals surface area contributed by atoms with Crippen molar-refractivity contribution in [3.63, 3.8) is 0 Å². The highest BCUT2D eigenvalue weighted by Gasteiger charge is 2.23. The van der Waals surface area contributed by atoms with E-state index in [1.165, 1.54) is 5.56 Å². The van der Waals surface area contributed by atoms with Crippen LogP contribution in [0.25, 0.3) is 0 Å². The topological polar surface area (TPSA) is 68.2 Å². The Labute approximate surface area is 171 Å². The minimum Gasteiger partial charge on any atom is -0.491 e. The van der Waals surface area contributed by atoms with Crippen LogP contribution in [-0.4, -0.2) is 55.2 Å². The maximum atomic E-state index is 9.48. The number of benzene rings is 2. The van der Waals surface area contributed by atoms with Gasteiger partial charge in [0.1, 0.15) is 30.8 Å². The van der Waals surface area contributed by atoms with Gasteiger partial charge in [-0.15, -0.1) is 11.6 Å². The van der Waals surface area contributed by atoms with Crippen molar-refractivity contribution in [1.29, 1.82) is 0 Å². The van der Waals surface area contributed by atoms with Crippen molar-refractivity contribution in [2.24, 2.45) is 0 Å². The van der Waals surface area contributed by atoms with Crippen molar-refractivity contribution in [2.45, 2.75) is 25.4 Å². The van der Waals surface area contributed by atoms with Crippen molar-refractivity contribution >= 4 is 11.6 Å². The third-order valence-corrected chi connectivity index (χ3v) is 4.86. The average molecular weight is 409 g/mol. The molecule has 2 rings (SSSR count). The summed E-state index contributed by atoms with van der Waals surface area (Å²) in [7, 11) is 0. The predicted molar refractivity (Wildman–Crippen MR) is 111 cm³/mol. The first-order valence-corrected chi connectivity index (χ1v) is 9.90. The summed E-state index contributed by atoms with van der Waals surface area (Å²) < 4.78 is 16.4. The summed E-state index contributed by atoms with van der Waals surface area (Å²) >= 11 is 5.58. The number of ether oxygens (including phenoxy) is 3. The monoisotopic (exact) mass is 408 g/mol. The highest BCUT2D eigenvalue weighted by Crippen LogP contribution is 2.33. The van der Waals surface area contributed by atoms with Gasteiger partial charge >= 0.3 is 0 Å². The fraction of sp³-hybridized carbons (Fsp3) is 0.455. The second kappa shape index (κ2) is 11.3. The molecule has 0 bridgehead atoms. The molecule has 0 radical (unpaired) electrons. The van der Waals surface area contributed by atoms with Gasteiger partial charge in [0.2, 0.25) is 0 Å². The molecule has 0 saturated heterocycles. The third-order valence-electron chi connectivity index (χ3n) is 4.50. The molecular weight excluding hydrogens is 380 g/mol. The van der Waals surface area contributed by atoms with Gasteiger partial charge in [0.15, 0.2) is 0 Å². The average Bonchev–Trinajstić information content (AvgIpc) is 2.72. The zero-order valence-electron chi connectivity index (χ0n) is 16.4. The summed E-state index contributed by atoms with van der Waals surface area (Å²) in [4.78, 5) is 0. The van der Waals surface area contributed by atoms with Crippen molar-refractivity contribution < 1.29 is 24.4 Å². The number of hydrogen-bond acceptors (Lipinski definition) is 5. The van der Waals surface area contributed by atoms with Gasteiger partial charge in [-0.2, -0.15) is 0 Å². The van der Waals surface area contributed by atoms with Crippen LogP contribution in [0.5, 0.6) is 11.5 Å². The van der Waals surface area contributed by atoms with Crippen LogP contribution in [0, 0.1) is 0 Å². The fourth-order valence-corrected chi connectivity index (χ4v) is 2.81. The van der Waals surface area contributed by atoms with Crippen LogP contribution in [0.3, 0.4) is 0 Å². The minimum atomic E-state index is -0.667. The largest absolute Gasteiger partial charge is 0.491 e. The van der Waals surface area contributed by atoms with Crippen molar-refractivity contribution in [3.8, 4) is 11.5 Å². The van der Waals surface area contributed by atoms with Gasteiger partial charge in [0.05, 0.1) is 25.7 Å². The van der Waals surface area contributed by atoms with Gasteiger partial charge in [-0.05, 0) is 35.4 Å². The van der Waals surface area contributed by atoms with Crippen molar-refractivity contribution in [2.75, 3.05) is 38.9 Å². The Bertz CT molecular complexity index is 685. The highest BCUT2D eigenvalue weighted by molar-refractivity contribution is 6.18. The SMILES string of the molecule is CC(C)(c1ccc(OCCOCCO)cc1)c1ccc(OCC(O)CCl)cc1. The first-order chi connectivity index (χ1) is 13.5. The smallest absolute Gasteiger partial charge is 0.119 e. The minimum absolute atomic E-state index is 0.0201. The molecule has 154 valence electrons. The molecule has 0 amide bonds. The van der Waals surface area contributed by atoms with E-state index in [0.717, 1.165) is 11.3 Å². The molecule has 2 aromatic carbocycles. The number of alkyl halides is 1. The molecule has 0 aromatic heterocycles. The standard InChI is InChI=1S/C22H29ClO5/c1-22(2,18-5-9-21(10-6-18)28-16-19(25)15-23)17-3-7-20(8-4-17)27-14-13-26-12-11-24/h3-10,19,24-25H,11-16H2,1-2H3. The van der Waals surface area contributed by atoms with Gasteiger partial charge in [-0.3, -0.25) is 0 Å². The molecule has 6 heteroatoms. The second-order valence-corrected chi connectivity index (χ2v) is 7.29. The van der Waals surface area contributed by atoms with Crippen LogP contribution in [0.4, 0.5) is 0 Å². The lowest BCUT2D eigenvalue weighted by molar-refractivity contribution is 0.0705. The maximum absolute atomic E-state index is 9.48. The van der Waals surface area contributed by atoms with E-state index in [2.05, 4.69) is 26.0 Å². The first kappa shape index (κ1) is 22.5. The van der Waals surface area contributed by atoms with E-state index >= 15 is 0 Å². The molecule has 0 saturated carbocycles. The van der Waals surface area contributed by atoms with Crippen LogP contribution in [-0.2, 0) is 10.2 Å². The second-order valence-electron chi connectivity index (χ2n) is 6.98. The van der Waals surface area contributed by atoms with Gasteiger partial charge in [-0.1, -0.05) is 38.1 Å². The third kappa shape index (κ3) is 6.67. The summed E-state index contributed by atoms with van der Waals surface area (Å²) in [5.41, 5.74) is 2.14. The lowest BCUT2D eigenvalue weighted by atomic mass is 9.78. The summed E-state index contributed by atoms with van der Waals surface area (Å²) in [6.45, 7) is 5.75. The molecule has 0 aliphatic carbocycles. The summed E-state index contributed by atoms with van der Waals surface area (Å²) in [6, 6.07) is 15.9. The zero-order valence-corrected chi connectivity index (χ0v) is 17.2. The molecule has 0 heterocycles. The van der Waals surface area contributed by atoms with Crippen molar-refractivity contribution in [3.05, 3.63) is 59.7 Å². The van der Waals surface area contributed by atoms with E-state index in [9.17, 15) is 5.11 Å². The number of aliphatic hydroxyl groups excluding tert-OH is 2. The lowest BCUT2D eigenvalue weighted by Gasteiger charge is -2.26. The molecule has 0 fully saturated rings. The Morgan fingerprint density at radius 2 is 1.39 bits per heavy atom. The molecule has 1 unspecified atom stereocenters. The van der Waals surface area contributed by atoms with Gasteiger partial charge in [-0.25, -0.2) is 0 Å². The van der Waals surface area contributed by atoms with Crippen LogP contribution in [0.1, 0.15) is 25.0 Å². The molecule has 0 aliphatic rings. The Morgan fingerprint density at radius 1 is 0.857 bits per heavy atom. The molecule has 1 atom stereocenters. The maximum Gasteiger partial charge on any atom is 0.119 e. The molecule has 0 aliphatic heterocycles. The molecule has 0 spiro atoms. The molecule has 2 aromatic rings. The molecule has 5 nitrogen and oxygen atoms in total. The van der Waals surface area contributed by atoms with Gasteiger partial charge in [0.25, 0.3) is 0 Å². The number of aliphatic hydroxyl groups is 2. The van der Waals surface area contributed by atoms with Crippen LogP contribution in [0.15, 0.2) is 48.5 Å². The van der Waals surface area contributed by atoms with Gasteiger partial charge in [0, 0.05) is 5.41 Å². The molecular formula is C22H29ClO5. The van der Waals surface area contributed by atoms with E-state index in [4.69, 9.17) is 30.9 Å². The highest BCUT2D eigenvalue weighted by atomic mass is 35.5. The number of halogens is 1. The van der Waals surface area contributed by atoms with Crippen LogP contribution in [0.2, 0.25) is 0 Å². The van der Waals surface area contributed by atoms with E-state index < -0.39 is 6.10 Å². The van der Waals surface area contributed by atoms with Crippen molar-refractivity contribution in [1.82, 2.24) is 0 Å². The normalized spacial score (nSPS) is 12.6. The quantitative estimate of drug-likeness (QED) is 0.416.